The van der Waals surface area contributed by atoms with Crippen LogP contribution in [0.3, 0.4) is 0 Å². The molecule has 0 saturated heterocycles. The molecule has 0 spiro atoms. The van der Waals surface area contributed by atoms with Crippen molar-refractivity contribution in [3.8, 4) is 0 Å². The van der Waals surface area contributed by atoms with Crippen molar-refractivity contribution in [3.63, 3.8) is 0 Å². The second-order valence-electron chi connectivity index (χ2n) is 6.87. The number of aliphatic imine (C=N–C) groups is 1. The molecule has 1 aliphatic heterocycles. The number of alkyl carbamates (subject to hydrolysis) is 1. The Morgan fingerprint density at radius 3 is 2.17 bits per heavy atom. The Bertz CT molecular complexity index is 872. The van der Waals surface area contributed by atoms with Gasteiger partial charge in [0, 0.05) is 6.54 Å². The van der Waals surface area contributed by atoms with E-state index in [0.717, 1.165) is 11.1 Å². The molecule has 0 aliphatic carbocycles. The average molecular weight is 460 g/mol. The lowest BCUT2D eigenvalue weighted by Crippen LogP contribution is -2.55. The van der Waals surface area contributed by atoms with Gasteiger partial charge in [-0.2, -0.15) is 0 Å². The molecule has 1 N–H and O–H groups in total. The van der Waals surface area contributed by atoms with Gasteiger partial charge < -0.3 is 9.47 Å². The Balaban J connectivity index is 1.60. The van der Waals surface area contributed by atoms with Gasteiger partial charge in [-0.15, -0.1) is 0 Å². The van der Waals surface area contributed by atoms with Crippen molar-refractivity contribution in [1.82, 2.24) is 10.2 Å². The molecule has 8 heteroatoms. The third kappa shape index (κ3) is 6.32. The molecular formula is C21H22BrN3O4. The maximum Gasteiger partial charge on any atom is 0.417 e. The van der Waals surface area contributed by atoms with E-state index >= 15 is 0 Å². The van der Waals surface area contributed by atoms with Crippen molar-refractivity contribution < 1.29 is 19.1 Å². The third-order valence-electron chi connectivity index (χ3n) is 4.15. The Labute approximate surface area is 177 Å². The first-order valence-electron chi connectivity index (χ1n) is 9.12. The summed E-state index contributed by atoms with van der Waals surface area (Å²) in [5.41, 5.74) is 1.73. The number of ether oxygens (including phenoxy) is 2. The summed E-state index contributed by atoms with van der Waals surface area (Å²) in [6, 6.07) is 18.7. The molecule has 0 saturated carbocycles. The summed E-state index contributed by atoms with van der Waals surface area (Å²) in [6.07, 6.45) is -1.28. The van der Waals surface area contributed by atoms with Gasteiger partial charge >= 0.3 is 12.2 Å². The van der Waals surface area contributed by atoms with Gasteiger partial charge in [0.05, 0.1) is 10.9 Å². The van der Waals surface area contributed by atoms with Gasteiger partial charge in [0.1, 0.15) is 13.2 Å². The van der Waals surface area contributed by atoms with E-state index in [-0.39, 0.29) is 19.2 Å². The van der Waals surface area contributed by atoms with Gasteiger partial charge in [0.25, 0.3) is 0 Å². The lowest BCUT2D eigenvalue weighted by atomic mass is 10.1. The molecule has 1 unspecified atom stereocenters. The highest BCUT2D eigenvalue weighted by Gasteiger charge is 2.35. The SMILES string of the molecule is CC1(Br)CN=C(NC(=O)OCc2ccccc2)N(C(=O)OCc2ccccc2)C1. The highest BCUT2D eigenvalue weighted by atomic mass is 79.9. The fourth-order valence-electron chi connectivity index (χ4n) is 2.69. The summed E-state index contributed by atoms with van der Waals surface area (Å²) in [6.45, 7) is 2.84. The van der Waals surface area contributed by atoms with E-state index in [0.29, 0.717) is 13.1 Å². The Hall–Kier alpha value is -2.87. The van der Waals surface area contributed by atoms with E-state index < -0.39 is 16.5 Å². The van der Waals surface area contributed by atoms with Crippen LogP contribution in [0.2, 0.25) is 0 Å². The first kappa shape index (κ1) is 20.9. The summed E-state index contributed by atoms with van der Waals surface area (Å²) < 4.78 is 10.2. The van der Waals surface area contributed by atoms with Crippen molar-refractivity contribution in [2.45, 2.75) is 24.5 Å². The summed E-state index contributed by atoms with van der Waals surface area (Å²) in [7, 11) is 0. The van der Waals surface area contributed by atoms with Crippen LogP contribution in [0.4, 0.5) is 9.59 Å². The molecule has 1 heterocycles. The zero-order valence-corrected chi connectivity index (χ0v) is 17.6. The lowest BCUT2D eigenvalue weighted by molar-refractivity contribution is 0.110. The number of carbonyl (C=O) groups excluding carboxylic acids is 2. The van der Waals surface area contributed by atoms with Crippen LogP contribution >= 0.6 is 15.9 Å². The van der Waals surface area contributed by atoms with Crippen LogP contribution in [0.15, 0.2) is 65.7 Å². The number of nitrogens with zero attached hydrogens (tertiary/aromatic N) is 2. The number of nitrogens with one attached hydrogen (secondary N) is 1. The van der Waals surface area contributed by atoms with Gasteiger partial charge in [0.15, 0.2) is 0 Å². The second-order valence-corrected chi connectivity index (χ2v) is 8.78. The molecule has 0 bridgehead atoms. The second kappa shape index (κ2) is 9.56. The minimum atomic E-state index is -0.688. The maximum absolute atomic E-state index is 12.6. The molecule has 3 rings (SSSR count). The standard InChI is InChI=1S/C21H22BrN3O4/c1-21(22)14-23-18(24-19(26)28-12-16-8-4-2-5-9-16)25(15-21)20(27)29-13-17-10-6-3-7-11-17/h2-11H,12-15H2,1H3,(H,23,24,26). The Kier molecular flexibility index (Phi) is 6.87. The number of amides is 2. The van der Waals surface area contributed by atoms with Crippen molar-refractivity contribution in [2.75, 3.05) is 13.1 Å². The van der Waals surface area contributed by atoms with Crippen LogP contribution in [0.5, 0.6) is 0 Å². The van der Waals surface area contributed by atoms with Gasteiger partial charge in [-0.05, 0) is 18.1 Å². The van der Waals surface area contributed by atoms with Crippen LogP contribution in [-0.2, 0) is 22.7 Å². The Morgan fingerprint density at radius 1 is 1.03 bits per heavy atom. The van der Waals surface area contributed by atoms with Gasteiger partial charge in [-0.25, -0.2) is 14.5 Å². The van der Waals surface area contributed by atoms with Crippen molar-refractivity contribution in [1.29, 1.82) is 0 Å². The highest BCUT2D eigenvalue weighted by Crippen LogP contribution is 2.24. The molecule has 1 aliphatic rings. The first-order valence-corrected chi connectivity index (χ1v) is 9.91. The van der Waals surface area contributed by atoms with E-state index in [4.69, 9.17) is 9.47 Å². The quantitative estimate of drug-likeness (QED) is 0.698. The molecule has 0 aromatic heterocycles. The smallest absolute Gasteiger partial charge is 0.417 e. The number of alkyl halides is 1. The molecule has 0 fully saturated rings. The molecular weight excluding hydrogens is 438 g/mol. The van der Waals surface area contributed by atoms with E-state index in [2.05, 4.69) is 26.2 Å². The molecule has 152 valence electrons. The van der Waals surface area contributed by atoms with Crippen LogP contribution in [0, 0.1) is 0 Å². The van der Waals surface area contributed by atoms with Crippen LogP contribution in [0.25, 0.3) is 0 Å². The first-order chi connectivity index (χ1) is 13.9. The highest BCUT2D eigenvalue weighted by molar-refractivity contribution is 9.10. The maximum atomic E-state index is 12.6. The average Bonchev–Trinajstić information content (AvgIpc) is 2.73. The predicted molar refractivity (Wildman–Crippen MR) is 113 cm³/mol. The normalized spacial score (nSPS) is 18.6. The van der Waals surface area contributed by atoms with E-state index in [1.165, 1.54) is 4.90 Å². The van der Waals surface area contributed by atoms with Gasteiger partial charge in [-0.1, -0.05) is 76.6 Å². The molecule has 1 atom stereocenters. The molecule has 29 heavy (non-hydrogen) atoms. The molecule has 2 aromatic carbocycles. The lowest BCUT2D eigenvalue weighted by Gasteiger charge is -2.34. The van der Waals surface area contributed by atoms with Crippen molar-refractivity contribution in [2.24, 2.45) is 4.99 Å². The number of halogens is 1. The fraction of sp³-hybridized carbons (Fsp3) is 0.286. The van der Waals surface area contributed by atoms with E-state index in [1.807, 2.05) is 67.6 Å². The zero-order valence-electron chi connectivity index (χ0n) is 16.0. The number of hydrogen-bond donors (Lipinski definition) is 1. The van der Waals surface area contributed by atoms with E-state index in [1.54, 1.807) is 0 Å². The summed E-state index contributed by atoms with van der Waals surface area (Å²) in [5.74, 6) is 0.109. The fourth-order valence-corrected chi connectivity index (χ4v) is 3.06. The minimum Gasteiger partial charge on any atom is -0.444 e. The van der Waals surface area contributed by atoms with Crippen LogP contribution in [-0.4, -0.2) is 40.5 Å². The number of carbonyl (C=O) groups is 2. The van der Waals surface area contributed by atoms with E-state index in [9.17, 15) is 9.59 Å². The topological polar surface area (TPSA) is 80.2 Å². The largest absolute Gasteiger partial charge is 0.444 e. The zero-order chi connectivity index (χ0) is 20.7. The number of benzene rings is 2. The number of hydrogen-bond acceptors (Lipinski definition) is 5. The monoisotopic (exact) mass is 459 g/mol. The van der Waals surface area contributed by atoms with Gasteiger partial charge in [-0.3, -0.25) is 10.3 Å². The van der Waals surface area contributed by atoms with Crippen molar-refractivity contribution in [3.05, 3.63) is 71.8 Å². The summed E-state index contributed by atoms with van der Waals surface area (Å²) in [4.78, 5) is 30.4. The molecule has 0 radical (unpaired) electrons. The van der Waals surface area contributed by atoms with Crippen LogP contribution < -0.4 is 5.32 Å². The van der Waals surface area contributed by atoms with Crippen LogP contribution in [0.1, 0.15) is 18.1 Å². The number of rotatable bonds is 4. The van der Waals surface area contributed by atoms with Crippen molar-refractivity contribution >= 4 is 34.1 Å². The molecule has 2 amide bonds. The Morgan fingerprint density at radius 2 is 1.59 bits per heavy atom. The minimum absolute atomic E-state index is 0.109. The third-order valence-corrected chi connectivity index (χ3v) is 4.66. The summed E-state index contributed by atoms with van der Waals surface area (Å²) in [5, 5.41) is 2.55. The summed E-state index contributed by atoms with van der Waals surface area (Å²) >= 11 is 3.55. The van der Waals surface area contributed by atoms with Gasteiger partial charge in [0.2, 0.25) is 5.96 Å². The molecule has 2 aromatic rings. The number of guanidine groups is 1. The molecule has 7 nitrogen and oxygen atoms in total. The predicted octanol–water partition coefficient (Wildman–Crippen LogP) is 4.07.